The number of hydrogen-bond donors (Lipinski definition) is 1. The summed E-state index contributed by atoms with van der Waals surface area (Å²) in [6.45, 7) is 0. The number of aromatic amines is 1. The van der Waals surface area contributed by atoms with Gasteiger partial charge in [0.1, 0.15) is 5.82 Å². The Labute approximate surface area is 122 Å². The smallest absolute Gasteiger partial charge is 0.199 e. The maximum absolute atomic E-state index is 6.28. The highest BCUT2D eigenvalue weighted by Crippen LogP contribution is 2.40. The van der Waals surface area contributed by atoms with Crippen LogP contribution in [0.4, 0.5) is 0 Å². The summed E-state index contributed by atoms with van der Waals surface area (Å²) < 4.78 is 3.67. The summed E-state index contributed by atoms with van der Waals surface area (Å²) in [4.78, 5) is 0. The Balaban J connectivity index is 2.20. The molecule has 0 unspecified atom stereocenters. The average molecular weight is 378 g/mol. The molecule has 1 fully saturated rings. The zero-order valence-corrected chi connectivity index (χ0v) is 12.5. The van der Waals surface area contributed by atoms with Crippen molar-refractivity contribution in [3.63, 3.8) is 0 Å². The van der Waals surface area contributed by atoms with Crippen molar-refractivity contribution in [3.8, 4) is 5.69 Å². The van der Waals surface area contributed by atoms with Gasteiger partial charge in [-0.3, -0.25) is 9.67 Å². The summed E-state index contributed by atoms with van der Waals surface area (Å²) in [5, 5.41) is 7.86. The summed E-state index contributed by atoms with van der Waals surface area (Å²) in [5.41, 5.74) is 0.910. The van der Waals surface area contributed by atoms with Crippen LogP contribution in [0.25, 0.3) is 5.69 Å². The Morgan fingerprint density at radius 2 is 2.24 bits per heavy atom. The molecule has 0 amide bonds. The molecule has 88 valence electrons. The van der Waals surface area contributed by atoms with Gasteiger partial charge in [0.05, 0.1) is 10.7 Å². The van der Waals surface area contributed by atoms with Gasteiger partial charge in [0.15, 0.2) is 4.77 Å². The van der Waals surface area contributed by atoms with E-state index in [4.69, 9.17) is 23.8 Å². The molecule has 1 heterocycles. The van der Waals surface area contributed by atoms with Crippen LogP contribution < -0.4 is 0 Å². The summed E-state index contributed by atoms with van der Waals surface area (Å²) in [6, 6.07) is 5.94. The number of benzene rings is 1. The number of nitrogens with one attached hydrogen (secondary N) is 1. The number of aromatic nitrogens is 3. The Morgan fingerprint density at radius 3 is 2.88 bits per heavy atom. The highest BCUT2D eigenvalue weighted by molar-refractivity contribution is 14.1. The largest absolute Gasteiger partial charge is 0.270 e. The molecule has 6 heteroatoms. The summed E-state index contributed by atoms with van der Waals surface area (Å²) >= 11 is 13.8. The van der Waals surface area contributed by atoms with E-state index in [1.807, 2.05) is 22.8 Å². The zero-order chi connectivity index (χ0) is 12.0. The van der Waals surface area contributed by atoms with E-state index >= 15 is 0 Å². The van der Waals surface area contributed by atoms with Crippen LogP contribution in [0.1, 0.15) is 24.6 Å². The SMILES string of the molecule is S=c1[nH]nc(C2CC2)n1-c1ccc(I)cc1Cl. The summed E-state index contributed by atoms with van der Waals surface area (Å²) in [6.07, 6.45) is 2.36. The van der Waals surface area contributed by atoms with Crippen LogP contribution in [0.5, 0.6) is 0 Å². The van der Waals surface area contributed by atoms with Crippen molar-refractivity contribution in [2.75, 3.05) is 0 Å². The lowest BCUT2D eigenvalue weighted by molar-refractivity contribution is 0.869. The van der Waals surface area contributed by atoms with Crippen LogP contribution in [0.2, 0.25) is 5.02 Å². The normalized spacial score (nSPS) is 15.2. The minimum absolute atomic E-state index is 0.526. The minimum atomic E-state index is 0.526. The average Bonchev–Trinajstić information content (AvgIpc) is 3.04. The van der Waals surface area contributed by atoms with E-state index in [9.17, 15) is 0 Å². The van der Waals surface area contributed by atoms with Gasteiger partial charge >= 0.3 is 0 Å². The summed E-state index contributed by atoms with van der Waals surface area (Å²) in [5.74, 6) is 1.52. The van der Waals surface area contributed by atoms with E-state index in [0.29, 0.717) is 15.7 Å². The van der Waals surface area contributed by atoms with Crippen LogP contribution in [0.3, 0.4) is 0 Å². The first-order valence-electron chi connectivity index (χ1n) is 5.29. The monoisotopic (exact) mass is 377 g/mol. The van der Waals surface area contributed by atoms with E-state index in [1.54, 1.807) is 0 Å². The van der Waals surface area contributed by atoms with E-state index in [1.165, 1.54) is 12.8 Å². The van der Waals surface area contributed by atoms with Gasteiger partial charge in [-0.05, 0) is 65.8 Å². The summed E-state index contributed by atoms with van der Waals surface area (Å²) in [7, 11) is 0. The molecule has 1 aromatic carbocycles. The molecule has 0 atom stereocenters. The van der Waals surface area contributed by atoms with Gasteiger partial charge in [0, 0.05) is 9.49 Å². The van der Waals surface area contributed by atoms with Gasteiger partial charge < -0.3 is 0 Å². The molecule has 0 radical (unpaired) electrons. The van der Waals surface area contributed by atoms with Crippen LogP contribution >= 0.6 is 46.4 Å². The number of halogens is 2. The molecular weight excluding hydrogens is 369 g/mol. The Hall–Kier alpha value is -0.400. The van der Waals surface area contributed by atoms with Crippen molar-refractivity contribution in [1.29, 1.82) is 0 Å². The van der Waals surface area contributed by atoms with Gasteiger partial charge in [-0.2, -0.15) is 5.10 Å². The standard InChI is InChI=1S/C11H9ClIN3S/c12-8-5-7(13)3-4-9(8)16-10(6-1-2-6)14-15-11(16)17/h3-6H,1-2H2,(H,15,17). The van der Waals surface area contributed by atoms with Crippen molar-refractivity contribution in [2.45, 2.75) is 18.8 Å². The fraction of sp³-hybridized carbons (Fsp3) is 0.273. The third kappa shape index (κ3) is 2.15. The van der Waals surface area contributed by atoms with Gasteiger partial charge in [0.25, 0.3) is 0 Å². The second kappa shape index (κ2) is 4.37. The van der Waals surface area contributed by atoms with Crippen molar-refractivity contribution < 1.29 is 0 Å². The lowest BCUT2D eigenvalue weighted by Crippen LogP contribution is -2.01. The molecule has 17 heavy (non-hydrogen) atoms. The Kier molecular flexibility index (Phi) is 3.00. The van der Waals surface area contributed by atoms with Crippen LogP contribution in [-0.2, 0) is 0 Å². The second-order valence-corrected chi connectivity index (χ2v) is 6.13. The second-order valence-electron chi connectivity index (χ2n) is 4.09. The number of rotatable bonds is 2. The highest BCUT2D eigenvalue weighted by atomic mass is 127. The van der Waals surface area contributed by atoms with Crippen molar-refractivity contribution in [2.24, 2.45) is 0 Å². The van der Waals surface area contributed by atoms with E-state index < -0.39 is 0 Å². The third-order valence-corrected chi connectivity index (χ3v) is 4.04. The third-order valence-electron chi connectivity index (χ3n) is 2.79. The predicted molar refractivity (Wildman–Crippen MR) is 78.5 cm³/mol. The van der Waals surface area contributed by atoms with E-state index in [0.717, 1.165) is 15.1 Å². The molecule has 1 saturated carbocycles. The van der Waals surface area contributed by atoms with Crippen molar-refractivity contribution >= 4 is 46.4 Å². The van der Waals surface area contributed by atoms with Gasteiger partial charge in [-0.1, -0.05) is 11.6 Å². The molecule has 1 aromatic heterocycles. The van der Waals surface area contributed by atoms with Gasteiger partial charge in [0.2, 0.25) is 0 Å². The molecule has 0 spiro atoms. The molecule has 1 N–H and O–H groups in total. The highest BCUT2D eigenvalue weighted by Gasteiger charge is 2.29. The molecule has 3 nitrogen and oxygen atoms in total. The van der Waals surface area contributed by atoms with Gasteiger partial charge in [-0.15, -0.1) is 0 Å². The molecule has 1 aliphatic carbocycles. The molecule has 0 aliphatic heterocycles. The lowest BCUT2D eigenvalue weighted by Gasteiger charge is -2.08. The fourth-order valence-electron chi connectivity index (χ4n) is 1.82. The van der Waals surface area contributed by atoms with Crippen LogP contribution in [-0.4, -0.2) is 14.8 Å². The predicted octanol–water partition coefficient (Wildman–Crippen LogP) is 4.07. The molecule has 0 saturated heterocycles. The van der Waals surface area contributed by atoms with E-state index in [-0.39, 0.29) is 0 Å². The van der Waals surface area contributed by atoms with E-state index in [2.05, 4.69) is 32.8 Å². The Morgan fingerprint density at radius 1 is 1.47 bits per heavy atom. The van der Waals surface area contributed by atoms with Gasteiger partial charge in [-0.25, -0.2) is 0 Å². The molecule has 1 aliphatic rings. The Bertz CT molecular complexity index is 630. The first-order valence-corrected chi connectivity index (χ1v) is 7.16. The molecule has 2 aromatic rings. The molecule has 0 bridgehead atoms. The quantitative estimate of drug-likeness (QED) is 0.632. The van der Waals surface area contributed by atoms with Crippen molar-refractivity contribution in [3.05, 3.63) is 37.4 Å². The number of nitrogens with zero attached hydrogens (tertiary/aromatic N) is 2. The maximum atomic E-state index is 6.28. The zero-order valence-electron chi connectivity index (χ0n) is 8.78. The first kappa shape index (κ1) is 11.7. The molecule has 3 rings (SSSR count). The minimum Gasteiger partial charge on any atom is -0.270 e. The first-order chi connectivity index (χ1) is 8.16. The van der Waals surface area contributed by atoms with Crippen molar-refractivity contribution in [1.82, 2.24) is 14.8 Å². The fourth-order valence-corrected chi connectivity index (χ4v) is 3.00. The topological polar surface area (TPSA) is 33.6 Å². The van der Waals surface area contributed by atoms with Crippen LogP contribution in [0.15, 0.2) is 18.2 Å². The molecular formula is C11H9ClIN3S. The number of H-pyrrole nitrogens is 1. The van der Waals surface area contributed by atoms with Crippen LogP contribution in [0, 0.1) is 8.34 Å². The lowest BCUT2D eigenvalue weighted by atomic mass is 10.3. The maximum Gasteiger partial charge on any atom is 0.199 e. The number of hydrogen-bond acceptors (Lipinski definition) is 2.